The molecule has 32 heavy (non-hydrogen) atoms. The molecule has 5 rings (SSSR count). The van der Waals surface area contributed by atoms with Gasteiger partial charge in [0.15, 0.2) is 0 Å². The number of hydrogen-bond acceptors (Lipinski definition) is 3. The lowest BCUT2D eigenvalue weighted by molar-refractivity contribution is -0.124. The van der Waals surface area contributed by atoms with E-state index in [1.54, 1.807) is 16.2 Å². The number of rotatable bonds is 3. The molecule has 4 unspecified atom stereocenters. The van der Waals surface area contributed by atoms with Gasteiger partial charge in [0.25, 0.3) is 5.91 Å². The maximum atomic E-state index is 13.8. The first-order chi connectivity index (χ1) is 15.4. The Balaban J connectivity index is 1.56. The van der Waals surface area contributed by atoms with Crippen LogP contribution in [0.3, 0.4) is 0 Å². The standard InChI is InChI=1S/C25H28ClN3O2S/c1-14-6-4-8-18(15(14)2)27-24(30)22-13-28-20-10-11-32-23(20)12-21(28)25(31)29(22)19-9-5-7-17(26)16(19)3/h5,7,9-12,14-15,18,22H,4,6,8,13H2,1-3H3,(H,27,30). The van der Waals surface area contributed by atoms with Crippen molar-refractivity contribution in [1.82, 2.24) is 9.88 Å². The third-order valence-electron chi connectivity index (χ3n) is 7.46. The quantitative estimate of drug-likeness (QED) is 0.540. The fourth-order valence-corrected chi connectivity index (χ4v) is 6.26. The third-order valence-corrected chi connectivity index (χ3v) is 8.73. The van der Waals surface area contributed by atoms with Gasteiger partial charge in [0, 0.05) is 16.8 Å². The number of halogens is 1. The number of nitrogens with one attached hydrogen (secondary N) is 1. The van der Waals surface area contributed by atoms with Gasteiger partial charge in [-0.2, -0.15) is 0 Å². The molecule has 1 saturated carbocycles. The van der Waals surface area contributed by atoms with E-state index in [-0.39, 0.29) is 17.9 Å². The first-order valence-electron chi connectivity index (χ1n) is 11.3. The summed E-state index contributed by atoms with van der Waals surface area (Å²) >= 11 is 8.01. The molecule has 0 radical (unpaired) electrons. The molecule has 5 nitrogen and oxygen atoms in total. The van der Waals surface area contributed by atoms with Gasteiger partial charge in [-0.25, -0.2) is 0 Å². The van der Waals surface area contributed by atoms with Gasteiger partial charge in [-0.3, -0.25) is 14.5 Å². The molecule has 0 bridgehead atoms. The Bertz CT molecular complexity index is 1200. The van der Waals surface area contributed by atoms with Crippen LogP contribution in [0, 0.1) is 18.8 Å². The highest BCUT2D eigenvalue weighted by atomic mass is 35.5. The van der Waals surface area contributed by atoms with E-state index in [0.717, 1.165) is 28.6 Å². The van der Waals surface area contributed by atoms with Gasteiger partial charge >= 0.3 is 0 Å². The minimum absolute atomic E-state index is 0.0913. The summed E-state index contributed by atoms with van der Waals surface area (Å²) in [6, 6.07) is 9.00. The van der Waals surface area contributed by atoms with Gasteiger partial charge in [0.05, 0.1) is 16.8 Å². The normalized spacial score (nSPS) is 25.8. The second-order valence-corrected chi connectivity index (χ2v) is 10.6. The van der Waals surface area contributed by atoms with Crippen LogP contribution < -0.4 is 10.2 Å². The summed E-state index contributed by atoms with van der Waals surface area (Å²) in [4.78, 5) is 29.1. The molecular weight excluding hydrogens is 442 g/mol. The molecule has 4 atom stereocenters. The number of hydrogen-bond donors (Lipinski definition) is 1. The van der Waals surface area contributed by atoms with E-state index < -0.39 is 6.04 Å². The molecule has 168 valence electrons. The summed E-state index contributed by atoms with van der Waals surface area (Å²) in [6.07, 6.45) is 3.30. The van der Waals surface area contributed by atoms with Crippen LogP contribution in [0.5, 0.6) is 0 Å². The molecule has 0 saturated heterocycles. The van der Waals surface area contributed by atoms with Gasteiger partial charge in [0.1, 0.15) is 11.7 Å². The largest absolute Gasteiger partial charge is 0.351 e. The van der Waals surface area contributed by atoms with Gasteiger partial charge in [0.2, 0.25) is 5.91 Å². The SMILES string of the molecule is Cc1c(Cl)cccc1N1C(=O)c2cc3sccc3n2CC1C(=O)NC1CCCC(C)C1C. The van der Waals surface area contributed by atoms with Crippen molar-refractivity contribution < 1.29 is 9.59 Å². The summed E-state index contributed by atoms with van der Waals surface area (Å²) in [5.41, 5.74) is 3.14. The van der Waals surface area contributed by atoms with Crippen molar-refractivity contribution >= 4 is 50.7 Å². The van der Waals surface area contributed by atoms with Crippen molar-refractivity contribution in [3.05, 3.63) is 52.0 Å². The molecule has 1 aromatic carbocycles. The molecule has 2 aliphatic rings. The predicted molar refractivity (Wildman–Crippen MR) is 131 cm³/mol. The summed E-state index contributed by atoms with van der Waals surface area (Å²) in [5.74, 6) is 0.746. The number of amides is 2. The Morgan fingerprint density at radius 2 is 2.03 bits per heavy atom. The number of carbonyl (C=O) groups excluding carboxylic acids is 2. The van der Waals surface area contributed by atoms with Gasteiger partial charge < -0.3 is 9.88 Å². The lowest BCUT2D eigenvalue weighted by Crippen LogP contribution is -2.58. The van der Waals surface area contributed by atoms with Crippen molar-refractivity contribution in [2.75, 3.05) is 4.90 Å². The molecule has 2 amide bonds. The Labute approximate surface area is 197 Å². The second kappa shape index (κ2) is 8.23. The van der Waals surface area contributed by atoms with Gasteiger partial charge in [-0.1, -0.05) is 44.4 Å². The molecular formula is C25H28ClN3O2S. The zero-order valence-corrected chi connectivity index (χ0v) is 20.2. The molecule has 3 aromatic rings. The zero-order chi connectivity index (χ0) is 22.6. The highest BCUT2D eigenvalue weighted by Crippen LogP contribution is 2.36. The van der Waals surface area contributed by atoms with Gasteiger partial charge in [-0.05, 0) is 60.4 Å². The van der Waals surface area contributed by atoms with E-state index in [4.69, 9.17) is 11.6 Å². The highest BCUT2D eigenvalue weighted by molar-refractivity contribution is 7.17. The number of carbonyl (C=O) groups is 2. The van der Waals surface area contributed by atoms with Crippen molar-refractivity contribution in [3.8, 4) is 0 Å². The Kier molecular flexibility index (Phi) is 5.54. The lowest BCUT2D eigenvalue weighted by atomic mass is 9.78. The monoisotopic (exact) mass is 469 g/mol. The number of fused-ring (bicyclic) bond motifs is 3. The van der Waals surface area contributed by atoms with Crippen LogP contribution in [0.25, 0.3) is 10.2 Å². The summed E-state index contributed by atoms with van der Waals surface area (Å²) in [7, 11) is 0. The summed E-state index contributed by atoms with van der Waals surface area (Å²) in [6.45, 7) is 6.81. The first kappa shape index (κ1) is 21.5. The number of benzene rings is 1. The topological polar surface area (TPSA) is 54.3 Å². The zero-order valence-electron chi connectivity index (χ0n) is 18.6. The van der Waals surface area contributed by atoms with Crippen LogP contribution in [-0.4, -0.2) is 28.5 Å². The summed E-state index contributed by atoms with van der Waals surface area (Å²) in [5, 5.41) is 5.92. The third kappa shape index (κ3) is 3.44. The van der Waals surface area contributed by atoms with Crippen LogP contribution in [0.15, 0.2) is 35.7 Å². The van der Waals surface area contributed by atoms with E-state index in [1.807, 2.05) is 47.2 Å². The Morgan fingerprint density at radius 1 is 1.22 bits per heavy atom. The molecule has 1 aliphatic heterocycles. The number of aromatic nitrogens is 1. The second-order valence-electron chi connectivity index (χ2n) is 9.27. The average molecular weight is 470 g/mol. The van der Waals surface area contributed by atoms with Crippen molar-refractivity contribution in [2.24, 2.45) is 11.8 Å². The highest BCUT2D eigenvalue weighted by Gasteiger charge is 2.41. The minimum atomic E-state index is -0.632. The van der Waals surface area contributed by atoms with E-state index in [0.29, 0.717) is 34.8 Å². The van der Waals surface area contributed by atoms with E-state index >= 15 is 0 Å². The van der Waals surface area contributed by atoms with Crippen molar-refractivity contribution in [1.29, 1.82) is 0 Å². The summed E-state index contributed by atoms with van der Waals surface area (Å²) < 4.78 is 3.06. The average Bonchev–Trinajstić information content (AvgIpc) is 3.36. The fourth-order valence-electron chi connectivity index (χ4n) is 5.27. The Morgan fingerprint density at radius 3 is 2.84 bits per heavy atom. The van der Waals surface area contributed by atoms with E-state index in [1.165, 1.54) is 6.42 Å². The first-order valence-corrected chi connectivity index (χ1v) is 12.6. The van der Waals surface area contributed by atoms with Crippen LogP contribution in [0.2, 0.25) is 5.02 Å². The predicted octanol–water partition coefficient (Wildman–Crippen LogP) is 5.63. The van der Waals surface area contributed by atoms with Gasteiger partial charge in [-0.15, -0.1) is 11.3 Å². The Hall–Kier alpha value is -2.31. The van der Waals surface area contributed by atoms with Crippen molar-refractivity contribution in [3.63, 3.8) is 0 Å². The molecule has 2 aromatic heterocycles. The molecule has 1 aliphatic carbocycles. The molecule has 1 fully saturated rings. The van der Waals surface area contributed by atoms with E-state index in [9.17, 15) is 9.59 Å². The molecule has 3 heterocycles. The number of thiophene rings is 1. The number of anilines is 1. The smallest absolute Gasteiger partial charge is 0.275 e. The maximum absolute atomic E-state index is 13.8. The molecule has 0 spiro atoms. The van der Waals surface area contributed by atoms with E-state index in [2.05, 4.69) is 19.2 Å². The lowest BCUT2D eigenvalue weighted by Gasteiger charge is -2.39. The minimum Gasteiger partial charge on any atom is -0.351 e. The van der Waals surface area contributed by atoms with Crippen LogP contribution in [0.4, 0.5) is 5.69 Å². The van der Waals surface area contributed by atoms with Crippen LogP contribution in [-0.2, 0) is 11.3 Å². The number of nitrogens with zero attached hydrogens (tertiary/aromatic N) is 2. The molecule has 1 N–H and O–H groups in total. The maximum Gasteiger partial charge on any atom is 0.275 e. The van der Waals surface area contributed by atoms with Crippen LogP contribution >= 0.6 is 22.9 Å². The van der Waals surface area contributed by atoms with Crippen molar-refractivity contribution in [2.45, 2.75) is 58.7 Å². The fraction of sp³-hybridized carbons (Fsp3) is 0.440. The molecule has 7 heteroatoms. The van der Waals surface area contributed by atoms with Crippen LogP contribution in [0.1, 0.15) is 49.2 Å².